The first-order valence-electron chi connectivity index (χ1n) is 7.16. The topological polar surface area (TPSA) is 49.2 Å². The van der Waals surface area contributed by atoms with E-state index < -0.39 is 0 Å². The van der Waals surface area contributed by atoms with Crippen LogP contribution in [0.3, 0.4) is 0 Å². The molecule has 1 aromatic rings. The van der Waals surface area contributed by atoms with Crippen molar-refractivity contribution >= 4 is 21.9 Å². The Morgan fingerprint density at radius 2 is 1.84 bits per heavy atom. The van der Waals surface area contributed by atoms with Gasteiger partial charge in [-0.3, -0.25) is 0 Å². The van der Waals surface area contributed by atoms with Crippen molar-refractivity contribution in [1.29, 1.82) is 0 Å². The third-order valence-electron chi connectivity index (χ3n) is 4.38. The Morgan fingerprint density at radius 1 is 1.16 bits per heavy atom. The van der Waals surface area contributed by atoms with Gasteiger partial charge in [0.25, 0.3) is 0 Å². The fourth-order valence-electron chi connectivity index (χ4n) is 3.49. The fourth-order valence-corrected chi connectivity index (χ4v) is 3.70. The molecule has 1 N–H and O–H groups in total. The summed E-state index contributed by atoms with van der Waals surface area (Å²) in [5.41, 5.74) is 0. The maximum atomic E-state index is 10.0. The van der Waals surface area contributed by atoms with Crippen molar-refractivity contribution in [2.75, 3.05) is 11.4 Å². The van der Waals surface area contributed by atoms with E-state index in [9.17, 15) is 5.11 Å². The van der Waals surface area contributed by atoms with Gasteiger partial charge < -0.3 is 10.0 Å². The molecule has 0 spiro atoms. The van der Waals surface area contributed by atoms with Crippen LogP contribution < -0.4 is 4.90 Å². The van der Waals surface area contributed by atoms with Crippen LogP contribution >= 0.6 is 15.9 Å². The van der Waals surface area contributed by atoms with Gasteiger partial charge in [-0.1, -0.05) is 19.3 Å². The Balaban J connectivity index is 1.79. The van der Waals surface area contributed by atoms with E-state index in [1.807, 2.05) is 0 Å². The van der Waals surface area contributed by atoms with Gasteiger partial charge >= 0.3 is 0 Å². The maximum absolute atomic E-state index is 10.0. The van der Waals surface area contributed by atoms with E-state index in [1.54, 1.807) is 12.4 Å². The average Bonchev–Trinajstić information content (AvgIpc) is 2.83. The fraction of sp³-hybridized carbons (Fsp3) is 0.714. The number of halogens is 1. The van der Waals surface area contributed by atoms with Crippen LogP contribution in [0.2, 0.25) is 0 Å². The van der Waals surface area contributed by atoms with Crippen LogP contribution in [0.25, 0.3) is 0 Å². The monoisotopic (exact) mass is 325 g/mol. The van der Waals surface area contributed by atoms with Gasteiger partial charge in [-0.2, -0.15) is 0 Å². The molecule has 0 unspecified atom stereocenters. The summed E-state index contributed by atoms with van der Waals surface area (Å²) < 4.78 is 0.894. The third-order valence-corrected chi connectivity index (χ3v) is 4.79. The summed E-state index contributed by atoms with van der Waals surface area (Å²) in [5.74, 6) is 1.45. The Morgan fingerprint density at radius 3 is 2.53 bits per heavy atom. The zero-order valence-electron chi connectivity index (χ0n) is 11.0. The molecule has 0 bridgehead atoms. The van der Waals surface area contributed by atoms with Crippen molar-refractivity contribution in [1.82, 2.24) is 9.97 Å². The average molecular weight is 326 g/mol. The normalized spacial score (nSPS) is 28.8. The van der Waals surface area contributed by atoms with Gasteiger partial charge in [0, 0.05) is 25.0 Å². The van der Waals surface area contributed by atoms with Gasteiger partial charge in [-0.15, -0.1) is 0 Å². The highest BCUT2D eigenvalue weighted by atomic mass is 79.9. The summed E-state index contributed by atoms with van der Waals surface area (Å²) in [7, 11) is 0. The molecule has 0 amide bonds. The molecule has 2 heterocycles. The van der Waals surface area contributed by atoms with Crippen molar-refractivity contribution in [2.24, 2.45) is 5.92 Å². The van der Waals surface area contributed by atoms with Gasteiger partial charge in [0.1, 0.15) is 0 Å². The van der Waals surface area contributed by atoms with Gasteiger partial charge in [0.2, 0.25) is 5.95 Å². The van der Waals surface area contributed by atoms with Gasteiger partial charge in [-0.05, 0) is 41.1 Å². The number of hydrogen-bond acceptors (Lipinski definition) is 4. The van der Waals surface area contributed by atoms with Crippen molar-refractivity contribution in [3.8, 4) is 0 Å². The summed E-state index contributed by atoms with van der Waals surface area (Å²) in [6, 6.07) is 0.413. The molecule has 4 nitrogen and oxygen atoms in total. The number of rotatable bonds is 2. The molecule has 5 heteroatoms. The molecule has 0 aromatic carbocycles. The van der Waals surface area contributed by atoms with Crippen LogP contribution in [0.1, 0.15) is 38.5 Å². The van der Waals surface area contributed by atoms with Gasteiger partial charge in [-0.25, -0.2) is 9.97 Å². The predicted molar refractivity (Wildman–Crippen MR) is 78.1 cm³/mol. The minimum Gasteiger partial charge on any atom is -0.391 e. The highest BCUT2D eigenvalue weighted by molar-refractivity contribution is 9.10. The predicted octanol–water partition coefficient (Wildman–Crippen LogP) is 2.76. The van der Waals surface area contributed by atoms with Crippen molar-refractivity contribution in [3.05, 3.63) is 16.9 Å². The number of β-amino-alcohol motifs (C(OH)–C–C–N with tert-alkyl or cyclic N) is 1. The highest BCUT2D eigenvalue weighted by Crippen LogP contribution is 2.35. The summed E-state index contributed by atoms with van der Waals surface area (Å²) >= 11 is 3.36. The Hall–Kier alpha value is -0.680. The lowest BCUT2D eigenvalue weighted by molar-refractivity contribution is 0.185. The standard InChI is InChI=1S/C14H20BrN3O/c15-11-7-16-14(17-8-11)18-9-12(19)6-13(18)10-4-2-1-3-5-10/h7-8,10,12-13,19H,1-6,9H2/t12-,13-/m0/s1. The second-order valence-corrected chi connectivity index (χ2v) is 6.62. The van der Waals surface area contributed by atoms with Crippen LogP contribution in [-0.4, -0.2) is 33.8 Å². The molecule has 2 atom stereocenters. The van der Waals surface area contributed by atoms with E-state index in [0.717, 1.165) is 16.8 Å². The minimum absolute atomic E-state index is 0.237. The first kappa shape index (κ1) is 13.3. The van der Waals surface area contributed by atoms with Gasteiger partial charge in [0.15, 0.2) is 0 Å². The molecule has 1 aromatic heterocycles. The molecule has 2 aliphatic rings. The summed E-state index contributed by atoms with van der Waals surface area (Å²) in [5, 5.41) is 10.0. The number of aliphatic hydroxyl groups is 1. The minimum atomic E-state index is -0.237. The molecule has 1 aliphatic heterocycles. The number of nitrogens with zero attached hydrogens (tertiary/aromatic N) is 3. The Labute approximate surface area is 122 Å². The van der Waals surface area contributed by atoms with Crippen molar-refractivity contribution < 1.29 is 5.11 Å². The second-order valence-electron chi connectivity index (χ2n) is 5.71. The van der Waals surface area contributed by atoms with Gasteiger partial charge in [0.05, 0.1) is 10.6 Å². The summed E-state index contributed by atoms with van der Waals surface area (Å²) in [6.45, 7) is 0.669. The Kier molecular flexibility index (Phi) is 4.03. The Bertz CT molecular complexity index is 419. The zero-order chi connectivity index (χ0) is 13.2. The lowest BCUT2D eigenvalue weighted by atomic mass is 9.83. The summed E-state index contributed by atoms with van der Waals surface area (Å²) in [6.07, 6.45) is 10.8. The van der Waals surface area contributed by atoms with E-state index >= 15 is 0 Å². The zero-order valence-corrected chi connectivity index (χ0v) is 12.6. The number of anilines is 1. The molecular weight excluding hydrogens is 306 g/mol. The van der Waals surface area contributed by atoms with Crippen LogP contribution in [0.4, 0.5) is 5.95 Å². The van der Waals surface area contributed by atoms with E-state index in [1.165, 1.54) is 32.1 Å². The van der Waals surface area contributed by atoms with E-state index in [4.69, 9.17) is 0 Å². The van der Waals surface area contributed by atoms with Crippen molar-refractivity contribution in [2.45, 2.75) is 50.7 Å². The molecular formula is C14H20BrN3O. The number of hydrogen-bond donors (Lipinski definition) is 1. The molecule has 3 rings (SSSR count). The molecule has 19 heavy (non-hydrogen) atoms. The number of aliphatic hydroxyl groups excluding tert-OH is 1. The van der Waals surface area contributed by atoms with Crippen LogP contribution in [0.15, 0.2) is 16.9 Å². The molecule has 1 aliphatic carbocycles. The first-order chi connectivity index (χ1) is 9.24. The van der Waals surface area contributed by atoms with E-state index in [0.29, 0.717) is 18.5 Å². The SMILES string of the molecule is O[C@H]1C[C@@H](C2CCCCC2)N(c2ncc(Br)cn2)C1. The first-order valence-corrected chi connectivity index (χ1v) is 7.95. The molecule has 1 saturated heterocycles. The largest absolute Gasteiger partial charge is 0.391 e. The van der Waals surface area contributed by atoms with Crippen LogP contribution in [0.5, 0.6) is 0 Å². The van der Waals surface area contributed by atoms with Crippen LogP contribution in [0, 0.1) is 5.92 Å². The van der Waals surface area contributed by atoms with E-state index in [2.05, 4.69) is 30.8 Å². The van der Waals surface area contributed by atoms with E-state index in [-0.39, 0.29) is 6.10 Å². The van der Waals surface area contributed by atoms with Crippen LogP contribution in [-0.2, 0) is 0 Å². The maximum Gasteiger partial charge on any atom is 0.225 e. The molecule has 0 radical (unpaired) electrons. The molecule has 104 valence electrons. The second kappa shape index (κ2) is 5.75. The summed E-state index contributed by atoms with van der Waals surface area (Å²) in [4.78, 5) is 11.0. The van der Waals surface area contributed by atoms with Crippen molar-refractivity contribution in [3.63, 3.8) is 0 Å². The molecule has 2 fully saturated rings. The smallest absolute Gasteiger partial charge is 0.225 e. The highest BCUT2D eigenvalue weighted by Gasteiger charge is 2.37. The third kappa shape index (κ3) is 2.92. The lowest BCUT2D eigenvalue weighted by Gasteiger charge is -2.33. The number of aromatic nitrogens is 2. The lowest BCUT2D eigenvalue weighted by Crippen LogP contribution is -2.37. The molecule has 1 saturated carbocycles. The quantitative estimate of drug-likeness (QED) is 0.908.